The first kappa shape index (κ1) is 10.2. The van der Waals surface area contributed by atoms with Crippen LogP contribution in [0.2, 0.25) is 0 Å². The van der Waals surface area contributed by atoms with Crippen LogP contribution in [0, 0.1) is 22.7 Å². The Morgan fingerprint density at radius 1 is 1.44 bits per heavy atom. The number of carbonyl (C=O) groups excluding carboxylic acids is 2. The number of ketones is 1. The van der Waals surface area contributed by atoms with Crippen LogP contribution < -0.4 is 0 Å². The number of aldehydes is 1. The van der Waals surface area contributed by atoms with Gasteiger partial charge in [-0.15, -0.1) is 0 Å². The van der Waals surface area contributed by atoms with E-state index in [-0.39, 0.29) is 10.8 Å². The monoisotopic (exact) mass is 218 g/mol. The highest BCUT2D eigenvalue weighted by atomic mass is 16.1. The van der Waals surface area contributed by atoms with E-state index in [4.69, 9.17) is 0 Å². The summed E-state index contributed by atoms with van der Waals surface area (Å²) in [5.74, 6) is 1.31. The maximum Gasteiger partial charge on any atom is 0.146 e. The Bertz CT molecular complexity index is 405. The zero-order valence-electron chi connectivity index (χ0n) is 9.95. The molecule has 0 N–H and O–H groups in total. The van der Waals surface area contributed by atoms with Crippen LogP contribution in [0.3, 0.4) is 0 Å². The van der Waals surface area contributed by atoms with E-state index in [1.165, 1.54) is 0 Å². The lowest BCUT2D eigenvalue weighted by Gasteiger charge is -2.33. The van der Waals surface area contributed by atoms with E-state index in [9.17, 15) is 9.59 Å². The van der Waals surface area contributed by atoms with Crippen molar-refractivity contribution in [2.24, 2.45) is 22.7 Å². The van der Waals surface area contributed by atoms with Crippen LogP contribution in [0.1, 0.15) is 39.5 Å². The van der Waals surface area contributed by atoms with Crippen molar-refractivity contribution in [2.75, 3.05) is 0 Å². The minimum absolute atomic E-state index is 0.216. The summed E-state index contributed by atoms with van der Waals surface area (Å²) in [6.45, 7) is 4.56. The fourth-order valence-corrected chi connectivity index (χ4v) is 4.61. The molecule has 1 spiro atoms. The molecule has 86 valence electrons. The van der Waals surface area contributed by atoms with E-state index in [0.29, 0.717) is 24.0 Å². The van der Waals surface area contributed by atoms with E-state index >= 15 is 0 Å². The van der Waals surface area contributed by atoms with Crippen molar-refractivity contribution in [1.29, 1.82) is 0 Å². The molecule has 0 aromatic rings. The van der Waals surface area contributed by atoms with Gasteiger partial charge in [-0.25, -0.2) is 0 Å². The van der Waals surface area contributed by atoms with Crippen molar-refractivity contribution >= 4 is 12.1 Å². The maximum absolute atomic E-state index is 12.2. The predicted molar refractivity (Wildman–Crippen MR) is 60.8 cm³/mol. The zero-order valence-corrected chi connectivity index (χ0v) is 9.95. The molecule has 0 radical (unpaired) electrons. The van der Waals surface area contributed by atoms with Crippen molar-refractivity contribution < 1.29 is 9.59 Å². The van der Waals surface area contributed by atoms with E-state index < -0.39 is 0 Å². The molecule has 2 bridgehead atoms. The molecule has 3 unspecified atom stereocenters. The number of hydrogen-bond acceptors (Lipinski definition) is 2. The molecule has 0 aromatic carbocycles. The van der Waals surface area contributed by atoms with Gasteiger partial charge in [-0.2, -0.15) is 0 Å². The van der Waals surface area contributed by atoms with Crippen molar-refractivity contribution in [3.8, 4) is 0 Å². The van der Waals surface area contributed by atoms with E-state index in [1.807, 2.05) is 6.08 Å². The third-order valence-electron chi connectivity index (χ3n) is 5.54. The van der Waals surface area contributed by atoms with Crippen molar-refractivity contribution in [2.45, 2.75) is 39.5 Å². The summed E-state index contributed by atoms with van der Waals surface area (Å²) < 4.78 is 0. The summed E-state index contributed by atoms with van der Waals surface area (Å²) in [4.78, 5) is 23.5. The Kier molecular flexibility index (Phi) is 1.82. The normalized spacial score (nSPS) is 44.1. The molecule has 3 rings (SSSR count). The van der Waals surface area contributed by atoms with Crippen LogP contribution in [-0.4, -0.2) is 12.1 Å². The average molecular weight is 218 g/mol. The minimum Gasteiger partial charge on any atom is -0.299 e. The number of fused-ring (bicyclic) bond motifs is 1. The van der Waals surface area contributed by atoms with Gasteiger partial charge in [0, 0.05) is 12.0 Å². The molecule has 0 amide bonds. The maximum atomic E-state index is 12.2. The molecule has 2 saturated carbocycles. The van der Waals surface area contributed by atoms with Gasteiger partial charge in [0.1, 0.15) is 12.1 Å². The van der Waals surface area contributed by atoms with Gasteiger partial charge in [-0.3, -0.25) is 9.59 Å². The fraction of sp³-hybridized carbons (Fsp3) is 0.714. The third-order valence-corrected chi connectivity index (χ3v) is 5.54. The van der Waals surface area contributed by atoms with Gasteiger partial charge in [0.25, 0.3) is 0 Å². The summed E-state index contributed by atoms with van der Waals surface area (Å²) in [6, 6.07) is 0. The molecular weight excluding hydrogens is 200 g/mol. The van der Waals surface area contributed by atoms with Gasteiger partial charge in [0.2, 0.25) is 0 Å². The van der Waals surface area contributed by atoms with Crippen molar-refractivity contribution in [3.05, 3.63) is 11.6 Å². The lowest BCUT2D eigenvalue weighted by atomic mass is 9.69. The topological polar surface area (TPSA) is 34.1 Å². The molecule has 2 heteroatoms. The lowest BCUT2D eigenvalue weighted by molar-refractivity contribution is -0.126. The molecule has 0 aliphatic heterocycles. The predicted octanol–water partition coefficient (Wildman–Crippen LogP) is 2.53. The quantitative estimate of drug-likeness (QED) is 0.634. The summed E-state index contributed by atoms with van der Waals surface area (Å²) in [6.07, 6.45) is 6.53. The average Bonchev–Trinajstić information content (AvgIpc) is 2.65. The van der Waals surface area contributed by atoms with Gasteiger partial charge >= 0.3 is 0 Å². The highest BCUT2D eigenvalue weighted by Gasteiger charge is 2.65. The van der Waals surface area contributed by atoms with E-state index in [2.05, 4.69) is 13.8 Å². The Labute approximate surface area is 96.1 Å². The lowest BCUT2D eigenvalue weighted by Crippen LogP contribution is -2.34. The van der Waals surface area contributed by atoms with Crippen molar-refractivity contribution in [3.63, 3.8) is 0 Å². The molecule has 0 aromatic heterocycles. The van der Waals surface area contributed by atoms with Gasteiger partial charge in [0.15, 0.2) is 0 Å². The number of hydrogen-bond donors (Lipinski definition) is 0. The third kappa shape index (κ3) is 0.899. The first-order valence-electron chi connectivity index (χ1n) is 6.22. The smallest absolute Gasteiger partial charge is 0.146 e. The first-order valence-corrected chi connectivity index (χ1v) is 6.22. The molecule has 2 fully saturated rings. The summed E-state index contributed by atoms with van der Waals surface area (Å²) >= 11 is 0. The largest absolute Gasteiger partial charge is 0.299 e. The molecule has 16 heavy (non-hydrogen) atoms. The summed E-state index contributed by atoms with van der Waals surface area (Å²) in [7, 11) is 0. The van der Waals surface area contributed by atoms with Crippen LogP contribution in [0.4, 0.5) is 0 Å². The van der Waals surface area contributed by atoms with Gasteiger partial charge in [-0.05, 0) is 36.5 Å². The first-order chi connectivity index (χ1) is 7.53. The number of rotatable bonds is 1. The molecule has 3 aliphatic rings. The van der Waals surface area contributed by atoms with Crippen LogP contribution in [-0.2, 0) is 9.59 Å². The van der Waals surface area contributed by atoms with Gasteiger partial charge in [-0.1, -0.05) is 19.9 Å². The molecule has 0 heterocycles. The van der Waals surface area contributed by atoms with Gasteiger partial charge in [0.05, 0.1) is 5.41 Å². The molecule has 3 aliphatic carbocycles. The van der Waals surface area contributed by atoms with Gasteiger partial charge < -0.3 is 0 Å². The van der Waals surface area contributed by atoms with Crippen LogP contribution in [0.15, 0.2) is 11.6 Å². The van der Waals surface area contributed by atoms with Crippen LogP contribution in [0.5, 0.6) is 0 Å². The standard InChI is InChI=1S/C14H18O2/c1-13(2)9-3-4-10(8-15)14(7-9)11(13)5-6-12(14)16/h4,8-9,11H,3,5-7H2,1-2H3. The van der Waals surface area contributed by atoms with E-state index in [0.717, 1.165) is 31.1 Å². The Hall–Kier alpha value is -0.920. The van der Waals surface area contributed by atoms with Crippen molar-refractivity contribution in [1.82, 2.24) is 0 Å². The molecule has 0 saturated heterocycles. The molecule has 2 nitrogen and oxygen atoms in total. The Morgan fingerprint density at radius 2 is 2.19 bits per heavy atom. The molecule has 3 atom stereocenters. The Morgan fingerprint density at radius 3 is 2.88 bits per heavy atom. The number of Topliss-reactive ketones (excluding diaryl/α,β-unsaturated/α-hetero) is 1. The number of allylic oxidation sites excluding steroid dienone is 2. The Balaban J connectivity index is 2.19. The van der Waals surface area contributed by atoms with Crippen LogP contribution >= 0.6 is 0 Å². The highest BCUT2D eigenvalue weighted by molar-refractivity contribution is 5.98. The second-order valence-corrected chi connectivity index (χ2v) is 6.22. The van der Waals surface area contributed by atoms with Crippen LogP contribution in [0.25, 0.3) is 0 Å². The zero-order chi connectivity index (χ0) is 11.6. The minimum atomic E-state index is -0.381. The molecular formula is C14H18O2. The fourth-order valence-electron chi connectivity index (χ4n) is 4.61. The summed E-state index contributed by atoms with van der Waals surface area (Å²) in [5, 5.41) is 0. The highest BCUT2D eigenvalue weighted by Crippen LogP contribution is 2.68. The second-order valence-electron chi connectivity index (χ2n) is 6.22. The number of carbonyl (C=O) groups is 2. The SMILES string of the molecule is CC1(C)C2CC=C(C=O)C3(C2)C(=O)CCC31. The van der Waals surface area contributed by atoms with E-state index in [1.54, 1.807) is 0 Å². The second kappa shape index (κ2) is 2.85. The summed E-state index contributed by atoms with van der Waals surface area (Å²) in [5.41, 5.74) is 0.628.